The third kappa shape index (κ3) is 5.27. The lowest BCUT2D eigenvalue weighted by Gasteiger charge is -2.26. The molecular formula is C27H28ClN3O6. The zero-order valence-corrected chi connectivity index (χ0v) is 21.6. The van der Waals surface area contributed by atoms with Crippen LogP contribution in [0.5, 0.6) is 17.2 Å². The Morgan fingerprint density at radius 2 is 1.81 bits per heavy atom. The number of benzene rings is 2. The van der Waals surface area contributed by atoms with E-state index in [0.29, 0.717) is 47.9 Å². The molecule has 1 saturated heterocycles. The zero-order valence-electron chi connectivity index (χ0n) is 20.8. The zero-order chi connectivity index (χ0) is 26.5. The number of hydrogen-bond donors (Lipinski definition) is 1. The van der Waals surface area contributed by atoms with Crippen molar-refractivity contribution in [2.24, 2.45) is 0 Å². The molecule has 1 atom stereocenters. The quantitative estimate of drug-likeness (QED) is 0.237. The van der Waals surface area contributed by atoms with Gasteiger partial charge in [-0.15, -0.1) is 0 Å². The highest BCUT2D eigenvalue weighted by molar-refractivity contribution is 6.46. The molecule has 0 radical (unpaired) electrons. The van der Waals surface area contributed by atoms with E-state index in [4.69, 9.17) is 25.8 Å². The minimum absolute atomic E-state index is 0.0277. The lowest BCUT2D eigenvalue weighted by atomic mass is 9.95. The number of rotatable bonds is 10. The van der Waals surface area contributed by atoms with Crippen molar-refractivity contribution < 1.29 is 28.9 Å². The Morgan fingerprint density at radius 3 is 2.46 bits per heavy atom. The molecule has 0 aliphatic carbocycles. The molecule has 9 nitrogen and oxygen atoms in total. The van der Waals surface area contributed by atoms with Gasteiger partial charge < -0.3 is 28.8 Å². The summed E-state index contributed by atoms with van der Waals surface area (Å²) in [5, 5.41) is 11.6. The summed E-state index contributed by atoms with van der Waals surface area (Å²) in [7, 11) is 3.03. The fourth-order valence-corrected chi connectivity index (χ4v) is 4.63. The number of ketones is 1. The van der Waals surface area contributed by atoms with Crippen LogP contribution in [0.15, 0.2) is 60.7 Å². The van der Waals surface area contributed by atoms with Gasteiger partial charge in [0.25, 0.3) is 11.7 Å². The highest BCUT2D eigenvalue weighted by Gasteiger charge is 2.46. The van der Waals surface area contributed by atoms with Crippen LogP contribution in [0.1, 0.15) is 30.5 Å². The molecule has 1 N–H and O–H groups in total. The summed E-state index contributed by atoms with van der Waals surface area (Å²) in [6.45, 7) is 3.15. The Kier molecular flexibility index (Phi) is 8.03. The fraction of sp³-hybridized carbons (Fsp3) is 0.296. The van der Waals surface area contributed by atoms with Crippen molar-refractivity contribution in [1.82, 2.24) is 14.5 Å². The minimum Gasteiger partial charge on any atom is -0.507 e. The molecule has 10 heteroatoms. The van der Waals surface area contributed by atoms with Crippen LogP contribution in [0.2, 0.25) is 5.02 Å². The van der Waals surface area contributed by atoms with Crippen molar-refractivity contribution in [3.8, 4) is 17.2 Å². The van der Waals surface area contributed by atoms with Crippen LogP contribution in [0.4, 0.5) is 0 Å². The monoisotopic (exact) mass is 525 g/mol. The highest BCUT2D eigenvalue weighted by atomic mass is 35.5. The Balaban J connectivity index is 1.78. The Bertz CT molecular complexity index is 1320. The van der Waals surface area contributed by atoms with Gasteiger partial charge in [0, 0.05) is 31.0 Å². The Morgan fingerprint density at radius 1 is 1.05 bits per heavy atom. The number of carbonyl (C=O) groups excluding carboxylic acids is 2. The number of amides is 1. The van der Waals surface area contributed by atoms with E-state index in [9.17, 15) is 14.7 Å². The second-order valence-corrected chi connectivity index (χ2v) is 8.75. The summed E-state index contributed by atoms with van der Waals surface area (Å²) in [5.74, 6) is -0.388. The molecule has 0 spiro atoms. The maximum Gasteiger partial charge on any atom is 0.295 e. The normalized spacial score (nSPS) is 16.8. The van der Waals surface area contributed by atoms with E-state index in [1.54, 1.807) is 42.9 Å². The van der Waals surface area contributed by atoms with Gasteiger partial charge in [0.05, 0.1) is 43.8 Å². The van der Waals surface area contributed by atoms with Gasteiger partial charge in [0.1, 0.15) is 11.5 Å². The molecule has 0 unspecified atom stereocenters. The van der Waals surface area contributed by atoms with Gasteiger partial charge in [-0.25, -0.2) is 4.98 Å². The third-order valence-electron chi connectivity index (χ3n) is 6.14. The Labute approximate surface area is 219 Å². The van der Waals surface area contributed by atoms with Gasteiger partial charge in [-0.2, -0.15) is 0 Å². The number of carbonyl (C=O) groups is 2. The number of imidazole rings is 1. The van der Waals surface area contributed by atoms with Crippen molar-refractivity contribution in [1.29, 1.82) is 0 Å². The average Bonchev–Trinajstić information content (AvgIpc) is 3.51. The summed E-state index contributed by atoms with van der Waals surface area (Å²) in [5.41, 5.74) is 0.869. The van der Waals surface area contributed by atoms with Crippen molar-refractivity contribution >= 4 is 29.1 Å². The van der Waals surface area contributed by atoms with Gasteiger partial charge in [-0.1, -0.05) is 17.7 Å². The number of methoxy groups -OCH3 is 2. The lowest BCUT2D eigenvalue weighted by molar-refractivity contribution is -0.139. The van der Waals surface area contributed by atoms with E-state index in [-0.39, 0.29) is 22.9 Å². The van der Waals surface area contributed by atoms with Crippen molar-refractivity contribution in [3.05, 3.63) is 76.8 Å². The number of halogens is 1. The van der Waals surface area contributed by atoms with E-state index in [2.05, 4.69) is 4.98 Å². The number of aliphatic hydroxyl groups is 1. The lowest BCUT2D eigenvalue weighted by Crippen LogP contribution is -2.31. The van der Waals surface area contributed by atoms with Crippen LogP contribution in [0, 0.1) is 0 Å². The first-order valence-corrected chi connectivity index (χ1v) is 12.2. The predicted octanol–water partition coefficient (Wildman–Crippen LogP) is 4.46. The number of aliphatic hydroxyl groups excluding tert-OH is 1. The van der Waals surface area contributed by atoms with Gasteiger partial charge >= 0.3 is 0 Å². The first-order chi connectivity index (χ1) is 17.9. The molecule has 1 fully saturated rings. The SMILES string of the molecule is CCOc1ccc(/C(O)=C2\C(=O)C(=O)N(CCCn3ccnc3)[C@H]2c2ccc(OC)c(OC)c2)cc1Cl. The first kappa shape index (κ1) is 26.1. The number of likely N-dealkylation sites (tertiary alicyclic amines) is 1. The molecule has 0 saturated carbocycles. The predicted molar refractivity (Wildman–Crippen MR) is 138 cm³/mol. The van der Waals surface area contributed by atoms with Gasteiger partial charge in [0.15, 0.2) is 11.5 Å². The molecule has 0 bridgehead atoms. The number of aromatic nitrogens is 2. The number of Topliss-reactive ketones (excluding diaryl/α,β-unsaturated/α-hetero) is 1. The molecule has 2 heterocycles. The molecule has 1 amide bonds. The summed E-state index contributed by atoms with van der Waals surface area (Å²) in [4.78, 5) is 32.0. The smallest absolute Gasteiger partial charge is 0.295 e. The van der Waals surface area contributed by atoms with Crippen LogP contribution in [0.3, 0.4) is 0 Å². The first-order valence-electron chi connectivity index (χ1n) is 11.8. The number of ether oxygens (including phenoxy) is 3. The standard InChI is InChI=1S/C27H28ClN3O6/c1-4-37-20-8-7-18(14-19(20)28)25(32)23-24(17-6-9-21(35-2)22(15-17)36-3)31(27(34)26(23)33)12-5-11-30-13-10-29-16-30/h6-10,13-16,24,32H,4-5,11-12H2,1-3H3/b25-23+/t24-/m0/s1. The average molecular weight is 526 g/mol. The van der Waals surface area contributed by atoms with Crippen LogP contribution in [-0.4, -0.2) is 58.6 Å². The topological polar surface area (TPSA) is 103 Å². The molecule has 3 aromatic rings. The minimum atomic E-state index is -0.840. The Hall–Kier alpha value is -3.98. The number of hydrogen-bond acceptors (Lipinski definition) is 7. The second kappa shape index (κ2) is 11.4. The molecule has 194 valence electrons. The maximum atomic E-state index is 13.3. The molecule has 1 aliphatic rings. The van der Waals surface area contributed by atoms with E-state index in [1.807, 2.05) is 17.7 Å². The van der Waals surface area contributed by atoms with E-state index < -0.39 is 17.7 Å². The molecule has 2 aromatic carbocycles. The number of aryl methyl sites for hydroxylation is 1. The van der Waals surface area contributed by atoms with E-state index in [0.717, 1.165) is 0 Å². The van der Waals surface area contributed by atoms with Crippen molar-refractivity contribution in [2.75, 3.05) is 27.4 Å². The molecule has 1 aromatic heterocycles. The van der Waals surface area contributed by atoms with E-state index in [1.165, 1.54) is 25.2 Å². The third-order valence-corrected chi connectivity index (χ3v) is 6.44. The molecule has 4 rings (SSSR count). The van der Waals surface area contributed by atoms with Crippen molar-refractivity contribution in [3.63, 3.8) is 0 Å². The van der Waals surface area contributed by atoms with Crippen LogP contribution in [0.25, 0.3) is 5.76 Å². The molecule has 37 heavy (non-hydrogen) atoms. The van der Waals surface area contributed by atoms with Crippen LogP contribution >= 0.6 is 11.6 Å². The van der Waals surface area contributed by atoms with Gasteiger partial charge in [-0.05, 0) is 49.2 Å². The van der Waals surface area contributed by atoms with E-state index >= 15 is 0 Å². The number of nitrogens with zero attached hydrogens (tertiary/aromatic N) is 3. The summed E-state index contributed by atoms with van der Waals surface area (Å²) in [6, 6.07) is 9.05. The largest absolute Gasteiger partial charge is 0.507 e. The maximum absolute atomic E-state index is 13.3. The van der Waals surface area contributed by atoms with Crippen LogP contribution < -0.4 is 14.2 Å². The van der Waals surface area contributed by atoms with Crippen LogP contribution in [-0.2, 0) is 16.1 Å². The molecule has 1 aliphatic heterocycles. The summed E-state index contributed by atoms with van der Waals surface area (Å²) < 4.78 is 18.2. The van der Waals surface area contributed by atoms with Crippen molar-refractivity contribution in [2.45, 2.75) is 25.9 Å². The second-order valence-electron chi connectivity index (χ2n) is 8.34. The van der Waals surface area contributed by atoms with Gasteiger partial charge in [-0.3, -0.25) is 9.59 Å². The summed E-state index contributed by atoms with van der Waals surface area (Å²) >= 11 is 6.34. The van der Waals surface area contributed by atoms with Gasteiger partial charge in [0.2, 0.25) is 0 Å². The fourth-order valence-electron chi connectivity index (χ4n) is 4.40. The summed E-state index contributed by atoms with van der Waals surface area (Å²) in [6.07, 6.45) is 5.77. The highest BCUT2D eigenvalue weighted by Crippen LogP contribution is 2.42. The molecular weight excluding hydrogens is 498 g/mol.